The summed E-state index contributed by atoms with van der Waals surface area (Å²) in [6.45, 7) is 4.16. The first-order valence-electron chi connectivity index (χ1n) is 9.56. The van der Waals surface area contributed by atoms with Gasteiger partial charge in [-0.3, -0.25) is 14.4 Å². The van der Waals surface area contributed by atoms with Crippen LogP contribution in [0, 0.1) is 11.7 Å². The Morgan fingerprint density at radius 1 is 1.00 bits per heavy atom. The van der Waals surface area contributed by atoms with E-state index < -0.39 is 11.9 Å². The summed E-state index contributed by atoms with van der Waals surface area (Å²) >= 11 is 0. The highest BCUT2D eigenvalue weighted by Gasteiger charge is 2.36. The fourth-order valence-corrected chi connectivity index (χ4v) is 3.89. The number of hydrogen-bond donors (Lipinski definition) is 1. The summed E-state index contributed by atoms with van der Waals surface area (Å²) in [6, 6.07) is 4.69. The Labute approximate surface area is 158 Å². The van der Waals surface area contributed by atoms with Gasteiger partial charge >= 0.3 is 0 Å². The third-order valence-corrected chi connectivity index (χ3v) is 5.53. The van der Waals surface area contributed by atoms with E-state index in [0.29, 0.717) is 44.6 Å². The molecule has 1 N–H and O–H groups in total. The molecule has 2 saturated heterocycles. The largest absolute Gasteiger partial charge is 0.343 e. The van der Waals surface area contributed by atoms with Crippen molar-refractivity contribution < 1.29 is 18.8 Å². The van der Waals surface area contributed by atoms with Crippen LogP contribution in [-0.2, 0) is 9.59 Å². The van der Waals surface area contributed by atoms with E-state index in [1.807, 2.05) is 4.90 Å². The third kappa shape index (κ3) is 4.64. The molecule has 1 unspecified atom stereocenters. The van der Waals surface area contributed by atoms with Crippen LogP contribution in [-0.4, -0.2) is 59.7 Å². The molecule has 0 aliphatic carbocycles. The average molecular weight is 375 g/mol. The molecule has 27 heavy (non-hydrogen) atoms. The molecule has 1 atom stereocenters. The molecule has 0 saturated carbocycles. The molecular formula is C20H26FN3O3. The molecule has 2 fully saturated rings. The van der Waals surface area contributed by atoms with E-state index in [-0.39, 0.29) is 23.6 Å². The molecule has 0 bridgehead atoms. The molecule has 2 aliphatic rings. The standard InChI is InChI=1S/C20H26FN3O3/c1-14(25)23-12-8-15(9-13-23)18(20(27)24-10-2-3-11-24)22-19(26)16-4-6-17(21)7-5-16/h4-7,15,18H,2-3,8-13H2,1H3,(H,22,26). The van der Waals surface area contributed by atoms with Gasteiger partial charge in [-0.1, -0.05) is 0 Å². The van der Waals surface area contributed by atoms with Crippen molar-refractivity contribution in [1.82, 2.24) is 15.1 Å². The van der Waals surface area contributed by atoms with Crippen molar-refractivity contribution in [1.29, 1.82) is 0 Å². The molecule has 2 heterocycles. The number of benzene rings is 1. The molecule has 1 aromatic rings. The first-order chi connectivity index (χ1) is 13.0. The number of halogens is 1. The molecule has 0 spiro atoms. The minimum Gasteiger partial charge on any atom is -0.343 e. The van der Waals surface area contributed by atoms with Gasteiger partial charge in [0.05, 0.1) is 0 Å². The smallest absolute Gasteiger partial charge is 0.251 e. The molecule has 3 amide bonds. The topological polar surface area (TPSA) is 69.7 Å². The summed E-state index contributed by atoms with van der Waals surface area (Å²) in [7, 11) is 0. The van der Waals surface area contributed by atoms with Gasteiger partial charge in [0, 0.05) is 38.7 Å². The van der Waals surface area contributed by atoms with Gasteiger partial charge < -0.3 is 15.1 Å². The lowest BCUT2D eigenvalue weighted by atomic mass is 9.88. The predicted molar refractivity (Wildman–Crippen MR) is 98.4 cm³/mol. The number of likely N-dealkylation sites (tertiary alicyclic amines) is 2. The number of amides is 3. The third-order valence-electron chi connectivity index (χ3n) is 5.53. The lowest BCUT2D eigenvalue weighted by Crippen LogP contribution is -2.54. The zero-order chi connectivity index (χ0) is 19.4. The molecule has 0 radical (unpaired) electrons. The van der Waals surface area contributed by atoms with Crippen LogP contribution < -0.4 is 5.32 Å². The van der Waals surface area contributed by atoms with E-state index in [4.69, 9.17) is 0 Å². The van der Waals surface area contributed by atoms with Crippen LogP contribution in [0.25, 0.3) is 0 Å². The van der Waals surface area contributed by atoms with Crippen LogP contribution in [0.1, 0.15) is 43.0 Å². The second kappa shape index (κ2) is 8.50. The van der Waals surface area contributed by atoms with Crippen LogP contribution in [0.3, 0.4) is 0 Å². The predicted octanol–water partition coefficient (Wildman–Crippen LogP) is 1.80. The second-order valence-corrected chi connectivity index (χ2v) is 7.33. The van der Waals surface area contributed by atoms with Crippen LogP contribution in [0.15, 0.2) is 24.3 Å². The number of carbonyl (C=O) groups excluding carboxylic acids is 3. The normalized spacial score (nSPS) is 19.0. The van der Waals surface area contributed by atoms with Gasteiger partial charge in [0.1, 0.15) is 11.9 Å². The van der Waals surface area contributed by atoms with Gasteiger partial charge in [-0.05, 0) is 55.9 Å². The molecule has 7 heteroatoms. The van der Waals surface area contributed by atoms with Gasteiger partial charge in [0.15, 0.2) is 0 Å². The van der Waals surface area contributed by atoms with E-state index in [2.05, 4.69) is 5.32 Å². The summed E-state index contributed by atoms with van der Waals surface area (Å²) < 4.78 is 13.1. The highest BCUT2D eigenvalue weighted by molar-refractivity contribution is 5.97. The van der Waals surface area contributed by atoms with E-state index in [9.17, 15) is 18.8 Å². The monoisotopic (exact) mass is 375 g/mol. The Balaban J connectivity index is 1.73. The molecular weight excluding hydrogens is 349 g/mol. The zero-order valence-electron chi connectivity index (χ0n) is 15.6. The maximum atomic E-state index is 13.1. The fraction of sp³-hybridized carbons (Fsp3) is 0.550. The Morgan fingerprint density at radius 2 is 1.59 bits per heavy atom. The zero-order valence-corrected chi connectivity index (χ0v) is 15.6. The van der Waals surface area contributed by atoms with Crippen molar-refractivity contribution in [2.75, 3.05) is 26.2 Å². The highest BCUT2D eigenvalue weighted by Crippen LogP contribution is 2.24. The minimum absolute atomic E-state index is 0.0156. The maximum Gasteiger partial charge on any atom is 0.251 e. The van der Waals surface area contributed by atoms with Gasteiger partial charge in [-0.2, -0.15) is 0 Å². The maximum absolute atomic E-state index is 13.1. The first-order valence-corrected chi connectivity index (χ1v) is 9.56. The summed E-state index contributed by atoms with van der Waals surface area (Å²) in [5.74, 6) is -0.817. The number of nitrogens with one attached hydrogen (secondary N) is 1. The van der Waals surface area contributed by atoms with Crippen LogP contribution >= 0.6 is 0 Å². The van der Waals surface area contributed by atoms with Crippen molar-refractivity contribution >= 4 is 17.7 Å². The Hall–Kier alpha value is -2.44. The molecule has 0 aromatic heterocycles. The van der Waals surface area contributed by atoms with Gasteiger partial charge in [0.2, 0.25) is 11.8 Å². The molecule has 3 rings (SSSR count). The van der Waals surface area contributed by atoms with Gasteiger partial charge in [-0.15, -0.1) is 0 Å². The van der Waals surface area contributed by atoms with Gasteiger partial charge in [-0.25, -0.2) is 4.39 Å². The summed E-state index contributed by atoms with van der Waals surface area (Å²) in [6.07, 6.45) is 3.31. The van der Waals surface area contributed by atoms with Crippen molar-refractivity contribution in [3.8, 4) is 0 Å². The van der Waals surface area contributed by atoms with Gasteiger partial charge in [0.25, 0.3) is 5.91 Å². The van der Waals surface area contributed by atoms with Crippen molar-refractivity contribution in [3.63, 3.8) is 0 Å². The quantitative estimate of drug-likeness (QED) is 0.873. The minimum atomic E-state index is -0.616. The number of rotatable bonds is 4. The first kappa shape index (κ1) is 19.3. The van der Waals surface area contributed by atoms with Crippen LogP contribution in [0.4, 0.5) is 4.39 Å². The lowest BCUT2D eigenvalue weighted by Gasteiger charge is -2.36. The summed E-state index contributed by atoms with van der Waals surface area (Å²) in [4.78, 5) is 40.8. The Bertz CT molecular complexity index is 693. The summed E-state index contributed by atoms with van der Waals surface area (Å²) in [5.41, 5.74) is 0.330. The molecule has 2 aliphatic heterocycles. The second-order valence-electron chi connectivity index (χ2n) is 7.33. The lowest BCUT2D eigenvalue weighted by molar-refractivity contribution is -0.134. The Kier molecular flexibility index (Phi) is 6.08. The number of nitrogens with zero attached hydrogens (tertiary/aromatic N) is 2. The molecule has 146 valence electrons. The average Bonchev–Trinajstić information content (AvgIpc) is 3.21. The SMILES string of the molecule is CC(=O)N1CCC(C(NC(=O)c2ccc(F)cc2)C(=O)N2CCCC2)CC1. The molecule has 6 nitrogen and oxygen atoms in total. The van der Waals surface area contributed by atoms with Crippen molar-refractivity contribution in [2.24, 2.45) is 5.92 Å². The summed E-state index contributed by atoms with van der Waals surface area (Å²) in [5, 5.41) is 2.89. The van der Waals surface area contributed by atoms with E-state index in [1.54, 1.807) is 11.8 Å². The van der Waals surface area contributed by atoms with Crippen molar-refractivity contribution in [2.45, 2.75) is 38.6 Å². The highest BCUT2D eigenvalue weighted by atomic mass is 19.1. The molecule has 1 aromatic carbocycles. The van der Waals surface area contributed by atoms with E-state index in [0.717, 1.165) is 12.8 Å². The van der Waals surface area contributed by atoms with Crippen molar-refractivity contribution in [3.05, 3.63) is 35.6 Å². The van der Waals surface area contributed by atoms with E-state index >= 15 is 0 Å². The number of carbonyl (C=O) groups is 3. The number of piperidine rings is 1. The Morgan fingerprint density at radius 3 is 2.15 bits per heavy atom. The van der Waals surface area contributed by atoms with Crippen LogP contribution in [0.2, 0.25) is 0 Å². The van der Waals surface area contributed by atoms with Crippen LogP contribution in [0.5, 0.6) is 0 Å². The van der Waals surface area contributed by atoms with E-state index in [1.165, 1.54) is 24.3 Å². The number of hydrogen-bond acceptors (Lipinski definition) is 3. The fourth-order valence-electron chi connectivity index (χ4n) is 3.89.